The number of alkyl halides is 4. The lowest BCUT2D eigenvalue weighted by Crippen LogP contribution is -2.44. The van der Waals surface area contributed by atoms with Gasteiger partial charge in [0.05, 0.1) is 29.5 Å². The number of fused-ring (bicyclic) bond motifs is 1. The van der Waals surface area contributed by atoms with E-state index in [1.165, 1.54) is 12.4 Å². The summed E-state index contributed by atoms with van der Waals surface area (Å²) in [4.78, 5) is 12.9. The average Bonchev–Trinajstić information content (AvgIpc) is 3.43. The highest BCUT2D eigenvalue weighted by atomic mass is 19.4. The maximum Gasteiger partial charge on any atom is 0.399 e. The van der Waals surface area contributed by atoms with Gasteiger partial charge in [0.2, 0.25) is 0 Å². The molecule has 1 saturated carbocycles. The number of nitrogens with zero attached hydrogens (tertiary/aromatic N) is 4. The molecule has 1 saturated heterocycles. The van der Waals surface area contributed by atoms with Crippen LogP contribution >= 0.6 is 0 Å². The molecule has 158 valence electrons. The molecule has 2 atom stereocenters. The summed E-state index contributed by atoms with van der Waals surface area (Å²) in [5.74, 6) is 0.576. The first-order chi connectivity index (χ1) is 14.4. The summed E-state index contributed by atoms with van der Waals surface area (Å²) in [5.41, 5.74) is -0.291. The molecule has 2 N–H and O–H groups in total. The van der Waals surface area contributed by atoms with E-state index in [0.29, 0.717) is 42.4 Å². The number of aromatic nitrogens is 4. The van der Waals surface area contributed by atoms with Crippen molar-refractivity contribution in [1.82, 2.24) is 24.7 Å². The molecular weight excluding hydrogens is 400 g/mol. The van der Waals surface area contributed by atoms with Gasteiger partial charge in [-0.2, -0.15) is 13.2 Å². The van der Waals surface area contributed by atoms with Crippen LogP contribution in [0.5, 0.6) is 0 Å². The molecule has 0 aromatic carbocycles. The van der Waals surface area contributed by atoms with Crippen LogP contribution in [0.4, 0.5) is 23.4 Å². The Bertz CT molecular complexity index is 1070. The maximum atomic E-state index is 13.6. The Morgan fingerprint density at radius 1 is 1.13 bits per heavy atom. The van der Waals surface area contributed by atoms with Crippen LogP contribution in [-0.2, 0) is 5.41 Å². The summed E-state index contributed by atoms with van der Waals surface area (Å²) in [5, 5.41) is 6.25. The average molecular weight is 420 g/mol. The number of hydrogen-bond acceptors (Lipinski definition) is 5. The second-order valence-corrected chi connectivity index (χ2v) is 7.96. The minimum Gasteiger partial charge on any atom is -0.366 e. The smallest absolute Gasteiger partial charge is 0.366 e. The van der Waals surface area contributed by atoms with E-state index in [0.717, 1.165) is 0 Å². The van der Waals surface area contributed by atoms with Gasteiger partial charge >= 0.3 is 6.18 Å². The predicted molar refractivity (Wildman–Crippen MR) is 103 cm³/mol. The number of halogens is 4. The largest absolute Gasteiger partial charge is 0.399 e. The third kappa shape index (κ3) is 3.28. The van der Waals surface area contributed by atoms with Crippen LogP contribution in [0.2, 0.25) is 0 Å². The van der Waals surface area contributed by atoms with Gasteiger partial charge in [0.25, 0.3) is 0 Å². The highest BCUT2D eigenvalue weighted by molar-refractivity contribution is 5.62. The molecule has 5 rings (SSSR count). The first kappa shape index (κ1) is 19.2. The summed E-state index contributed by atoms with van der Waals surface area (Å²) >= 11 is 0. The van der Waals surface area contributed by atoms with Gasteiger partial charge < -0.3 is 10.6 Å². The SMILES string of the molecule is FC1CNCC(Nc2cccc(-c3cnc4cnc(C5(C(F)(F)F)CC5)cn34)n2)C1. The van der Waals surface area contributed by atoms with Crippen molar-refractivity contribution in [3.8, 4) is 11.4 Å². The summed E-state index contributed by atoms with van der Waals surface area (Å²) in [6.45, 7) is 0.986. The van der Waals surface area contributed by atoms with Crippen molar-refractivity contribution in [3.05, 3.63) is 42.5 Å². The molecule has 0 spiro atoms. The zero-order chi connectivity index (χ0) is 20.9. The van der Waals surface area contributed by atoms with E-state index >= 15 is 0 Å². The van der Waals surface area contributed by atoms with Crippen LogP contribution < -0.4 is 10.6 Å². The van der Waals surface area contributed by atoms with Crippen LogP contribution in [0.1, 0.15) is 25.0 Å². The van der Waals surface area contributed by atoms with Crippen molar-refractivity contribution in [2.45, 2.75) is 43.1 Å². The molecule has 0 bridgehead atoms. The third-order valence-corrected chi connectivity index (χ3v) is 5.84. The third-order valence-electron chi connectivity index (χ3n) is 5.84. The van der Waals surface area contributed by atoms with Crippen LogP contribution in [0.25, 0.3) is 17.0 Å². The van der Waals surface area contributed by atoms with Crippen molar-refractivity contribution < 1.29 is 17.6 Å². The van der Waals surface area contributed by atoms with Crippen molar-refractivity contribution in [1.29, 1.82) is 0 Å². The van der Waals surface area contributed by atoms with E-state index in [1.807, 2.05) is 0 Å². The fraction of sp³-hybridized carbons (Fsp3) is 0.450. The molecule has 3 aromatic rings. The fourth-order valence-corrected chi connectivity index (χ4v) is 4.00. The summed E-state index contributed by atoms with van der Waals surface area (Å²) < 4.78 is 55.8. The number of piperidine rings is 1. The lowest BCUT2D eigenvalue weighted by atomic mass is 10.0. The molecule has 4 heterocycles. The Morgan fingerprint density at radius 2 is 1.97 bits per heavy atom. The molecule has 1 aliphatic heterocycles. The van der Waals surface area contributed by atoms with Gasteiger partial charge in [0.15, 0.2) is 5.65 Å². The van der Waals surface area contributed by atoms with E-state index in [1.54, 1.807) is 28.8 Å². The van der Waals surface area contributed by atoms with Crippen molar-refractivity contribution >= 4 is 11.5 Å². The first-order valence-electron chi connectivity index (χ1n) is 9.85. The Labute approximate surface area is 169 Å². The molecule has 0 radical (unpaired) electrons. The van der Waals surface area contributed by atoms with Gasteiger partial charge in [-0.15, -0.1) is 0 Å². The Kier molecular flexibility index (Phi) is 4.42. The number of imidazole rings is 1. The number of rotatable bonds is 4. The van der Waals surface area contributed by atoms with Crippen LogP contribution in [0, 0.1) is 0 Å². The van der Waals surface area contributed by atoms with Crippen molar-refractivity contribution in [2.24, 2.45) is 0 Å². The first-order valence-corrected chi connectivity index (χ1v) is 9.85. The van der Waals surface area contributed by atoms with Crippen LogP contribution in [0.3, 0.4) is 0 Å². The second kappa shape index (κ2) is 6.90. The number of nitrogens with one attached hydrogen (secondary N) is 2. The highest BCUT2D eigenvalue weighted by Gasteiger charge is 2.65. The van der Waals surface area contributed by atoms with Gasteiger partial charge in [-0.05, 0) is 25.0 Å². The lowest BCUT2D eigenvalue weighted by molar-refractivity contribution is -0.161. The van der Waals surface area contributed by atoms with E-state index in [4.69, 9.17) is 0 Å². The summed E-state index contributed by atoms with van der Waals surface area (Å²) in [6.07, 6.45) is -0.418. The number of hydrogen-bond donors (Lipinski definition) is 2. The predicted octanol–water partition coefficient (Wildman–Crippen LogP) is 3.50. The van der Waals surface area contributed by atoms with Crippen LogP contribution in [-0.4, -0.2) is 50.8 Å². The van der Waals surface area contributed by atoms with Gasteiger partial charge in [-0.3, -0.25) is 9.38 Å². The molecule has 30 heavy (non-hydrogen) atoms. The molecule has 0 amide bonds. The van der Waals surface area contributed by atoms with Gasteiger partial charge in [0.1, 0.15) is 17.4 Å². The summed E-state index contributed by atoms with van der Waals surface area (Å²) in [6, 6.07) is 5.26. The topological polar surface area (TPSA) is 67.1 Å². The molecule has 6 nitrogen and oxygen atoms in total. The molecular formula is C20H20F4N6. The van der Waals surface area contributed by atoms with Gasteiger partial charge in [0, 0.05) is 31.7 Å². The van der Waals surface area contributed by atoms with Gasteiger partial charge in [-0.25, -0.2) is 14.4 Å². The zero-order valence-electron chi connectivity index (χ0n) is 16.0. The molecule has 1 aliphatic carbocycles. The standard InChI is InChI=1S/C20H20F4N6/c21-12-6-13(8-25-7-12)28-17-3-1-2-14(29-17)15-9-27-18-10-26-16(11-30(15)18)19(4-5-19)20(22,23)24/h1-3,9-13,25H,4-8H2,(H,28,29). The van der Waals surface area contributed by atoms with Gasteiger partial charge in [-0.1, -0.05) is 6.07 Å². The van der Waals surface area contributed by atoms with E-state index < -0.39 is 17.8 Å². The molecule has 10 heteroatoms. The van der Waals surface area contributed by atoms with E-state index in [-0.39, 0.29) is 24.6 Å². The van der Waals surface area contributed by atoms with E-state index in [2.05, 4.69) is 25.6 Å². The second-order valence-electron chi connectivity index (χ2n) is 7.96. The Morgan fingerprint density at radius 3 is 2.70 bits per heavy atom. The minimum atomic E-state index is -4.33. The lowest BCUT2D eigenvalue weighted by Gasteiger charge is -2.26. The number of pyridine rings is 1. The molecule has 3 aromatic heterocycles. The minimum absolute atomic E-state index is 0.00158. The summed E-state index contributed by atoms with van der Waals surface area (Å²) in [7, 11) is 0. The maximum absolute atomic E-state index is 13.6. The van der Waals surface area contributed by atoms with E-state index in [9.17, 15) is 17.6 Å². The quantitative estimate of drug-likeness (QED) is 0.633. The van der Waals surface area contributed by atoms with Crippen LogP contribution in [0.15, 0.2) is 36.8 Å². The zero-order valence-corrected chi connectivity index (χ0v) is 16.0. The fourth-order valence-electron chi connectivity index (χ4n) is 4.00. The molecule has 2 aliphatic rings. The van der Waals surface area contributed by atoms with Crippen molar-refractivity contribution in [2.75, 3.05) is 18.4 Å². The molecule has 2 unspecified atom stereocenters. The number of anilines is 1. The Balaban J connectivity index is 1.47. The van der Waals surface area contributed by atoms with Crippen molar-refractivity contribution in [3.63, 3.8) is 0 Å². The monoisotopic (exact) mass is 420 g/mol. The highest BCUT2D eigenvalue weighted by Crippen LogP contribution is 2.58. The molecule has 2 fully saturated rings. The Hall–Kier alpha value is -2.75. The normalized spacial score (nSPS) is 23.5.